The minimum Gasteiger partial charge on any atom is -0.356 e. The van der Waals surface area contributed by atoms with Crippen molar-refractivity contribution in [2.24, 2.45) is 10.9 Å². The van der Waals surface area contributed by atoms with Gasteiger partial charge < -0.3 is 15.2 Å². The zero-order valence-electron chi connectivity index (χ0n) is 17.7. The minimum absolute atomic E-state index is 0. The zero-order chi connectivity index (χ0) is 19.5. The molecule has 0 saturated heterocycles. The first-order valence-electron chi connectivity index (χ1n) is 10.1. The van der Waals surface area contributed by atoms with Crippen molar-refractivity contribution in [3.05, 3.63) is 54.1 Å². The Hall–Kier alpha value is -1.57. The van der Waals surface area contributed by atoms with E-state index < -0.39 is 0 Å². The monoisotopic (exact) mass is 497 g/mol. The second-order valence-electron chi connectivity index (χ2n) is 7.58. The van der Waals surface area contributed by atoms with Gasteiger partial charge in [-0.3, -0.25) is 4.99 Å². The van der Waals surface area contributed by atoms with Gasteiger partial charge in [-0.1, -0.05) is 57.0 Å². The summed E-state index contributed by atoms with van der Waals surface area (Å²) >= 11 is 0. The SMILES string of the molecule is CN=C(NCCc1nccn1Cc1ccccc1)NC(C)CCCC(C)C.I. The number of benzene rings is 1. The summed E-state index contributed by atoms with van der Waals surface area (Å²) in [6.45, 7) is 8.44. The molecule has 5 nitrogen and oxygen atoms in total. The Bertz CT molecular complexity index is 681. The molecule has 28 heavy (non-hydrogen) atoms. The highest BCUT2D eigenvalue weighted by Crippen LogP contribution is 2.08. The molecule has 0 saturated carbocycles. The number of aliphatic imine (C=N–C) groups is 1. The quantitative estimate of drug-likeness (QED) is 0.289. The van der Waals surface area contributed by atoms with Crippen LogP contribution in [0, 0.1) is 5.92 Å². The molecule has 2 N–H and O–H groups in total. The molecular weight excluding hydrogens is 461 g/mol. The van der Waals surface area contributed by atoms with Gasteiger partial charge in [0, 0.05) is 45.0 Å². The summed E-state index contributed by atoms with van der Waals surface area (Å²) in [4.78, 5) is 8.86. The van der Waals surface area contributed by atoms with Crippen LogP contribution in [0.5, 0.6) is 0 Å². The first kappa shape index (κ1) is 24.5. The second-order valence-corrected chi connectivity index (χ2v) is 7.58. The van der Waals surface area contributed by atoms with Gasteiger partial charge in [-0.15, -0.1) is 24.0 Å². The lowest BCUT2D eigenvalue weighted by molar-refractivity contribution is 0.491. The van der Waals surface area contributed by atoms with Crippen LogP contribution < -0.4 is 10.6 Å². The van der Waals surface area contributed by atoms with Crippen molar-refractivity contribution in [2.75, 3.05) is 13.6 Å². The molecule has 2 rings (SSSR count). The molecule has 0 aliphatic heterocycles. The van der Waals surface area contributed by atoms with E-state index in [0.717, 1.165) is 37.2 Å². The van der Waals surface area contributed by atoms with Crippen molar-refractivity contribution in [1.29, 1.82) is 0 Å². The number of imidazole rings is 1. The summed E-state index contributed by atoms with van der Waals surface area (Å²) in [5.74, 6) is 2.73. The van der Waals surface area contributed by atoms with Crippen LogP contribution in [0.4, 0.5) is 0 Å². The maximum Gasteiger partial charge on any atom is 0.191 e. The topological polar surface area (TPSA) is 54.2 Å². The average molecular weight is 497 g/mol. The van der Waals surface area contributed by atoms with Gasteiger partial charge >= 0.3 is 0 Å². The number of rotatable bonds is 10. The third kappa shape index (κ3) is 9.08. The summed E-state index contributed by atoms with van der Waals surface area (Å²) in [7, 11) is 1.83. The Morgan fingerprint density at radius 1 is 1.14 bits per heavy atom. The van der Waals surface area contributed by atoms with Crippen LogP contribution in [0.25, 0.3) is 0 Å². The molecule has 0 fully saturated rings. The van der Waals surface area contributed by atoms with Gasteiger partial charge in [-0.05, 0) is 24.8 Å². The molecule has 0 aliphatic rings. The maximum atomic E-state index is 4.52. The number of guanidine groups is 1. The van der Waals surface area contributed by atoms with Gasteiger partial charge in [-0.25, -0.2) is 4.98 Å². The summed E-state index contributed by atoms with van der Waals surface area (Å²) in [5, 5.41) is 6.90. The van der Waals surface area contributed by atoms with E-state index in [-0.39, 0.29) is 24.0 Å². The van der Waals surface area contributed by atoms with Gasteiger partial charge in [0.1, 0.15) is 5.82 Å². The predicted octanol–water partition coefficient (Wildman–Crippen LogP) is 4.47. The fourth-order valence-electron chi connectivity index (χ4n) is 3.12. The Morgan fingerprint density at radius 2 is 1.89 bits per heavy atom. The minimum atomic E-state index is 0. The summed E-state index contributed by atoms with van der Waals surface area (Å²) in [5.41, 5.74) is 1.29. The van der Waals surface area contributed by atoms with E-state index in [2.05, 4.69) is 70.2 Å². The van der Waals surface area contributed by atoms with E-state index in [9.17, 15) is 0 Å². The first-order valence-corrected chi connectivity index (χ1v) is 10.1. The Balaban J connectivity index is 0.00000392. The fraction of sp³-hybridized carbons (Fsp3) is 0.545. The van der Waals surface area contributed by atoms with E-state index in [1.54, 1.807) is 0 Å². The largest absolute Gasteiger partial charge is 0.356 e. The molecule has 6 heteroatoms. The van der Waals surface area contributed by atoms with Gasteiger partial charge in [0.15, 0.2) is 5.96 Å². The molecule has 0 amide bonds. The standard InChI is InChI=1S/C22H35N5.HI/c1-18(2)9-8-10-19(3)26-22(23-4)25-14-13-21-24-15-16-27(21)17-20-11-6-5-7-12-20;/h5-7,11-12,15-16,18-19H,8-10,13-14,17H2,1-4H3,(H2,23,25,26);1H. The van der Waals surface area contributed by atoms with Crippen LogP contribution in [-0.4, -0.2) is 35.1 Å². The number of hydrogen-bond donors (Lipinski definition) is 2. The smallest absolute Gasteiger partial charge is 0.191 e. The summed E-state index contributed by atoms with van der Waals surface area (Å²) in [6, 6.07) is 10.9. The van der Waals surface area contributed by atoms with Crippen molar-refractivity contribution in [3.63, 3.8) is 0 Å². The van der Waals surface area contributed by atoms with Crippen LogP contribution in [0.2, 0.25) is 0 Å². The van der Waals surface area contributed by atoms with E-state index in [1.807, 2.05) is 25.5 Å². The third-order valence-corrected chi connectivity index (χ3v) is 4.66. The number of hydrogen-bond acceptors (Lipinski definition) is 2. The molecular formula is C22H36IN5. The molecule has 156 valence electrons. The first-order chi connectivity index (χ1) is 13.1. The lowest BCUT2D eigenvalue weighted by Crippen LogP contribution is -2.43. The molecule has 2 aromatic rings. The van der Waals surface area contributed by atoms with E-state index >= 15 is 0 Å². The van der Waals surface area contributed by atoms with E-state index in [0.29, 0.717) is 6.04 Å². The summed E-state index contributed by atoms with van der Waals surface area (Å²) in [6.07, 6.45) is 8.48. The lowest BCUT2D eigenvalue weighted by Gasteiger charge is -2.18. The Labute approximate surface area is 187 Å². The fourth-order valence-corrected chi connectivity index (χ4v) is 3.12. The zero-order valence-corrected chi connectivity index (χ0v) is 20.0. The van der Waals surface area contributed by atoms with E-state index in [1.165, 1.54) is 24.8 Å². The van der Waals surface area contributed by atoms with Crippen molar-refractivity contribution < 1.29 is 0 Å². The molecule has 0 spiro atoms. The van der Waals surface area contributed by atoms with Crippen molar-refractivity contribution in [3.8, 4) is 0 Å². The highest BCUT2D eigenvalue weighted by atomic mass is 127. The Morgan fingerprint density at radius 3 is 2.57 bits per heavy atom. The molecule has 1 unspecified atom stereocenters. The molecule has 0 radical (unpaired) electrons. The average Bonchev–Trinajstić information content (AvgIpc) is 3.08. The van der Waals surface area contributed by atoms with E-state index in [4.69, 9.17) is 0 Å². The number of nitrogens with zero attached hydrogens (tertiary/aromatic N) is 3. The van der Waals surface area contributed by atoms with Crippen LogP contribution in [0.3, 0.4) is 0 Å². The number of halogens is 1. The predicted molar refractivity (Wildman–Crippen MR) is 130 cm³/mol. The van der Waals surface area contributed by atoms with Crippen molar-refractivity contribution >= 4 is 29.9 Å². The maximum absolute atomic E-state index is 4.52. The number of nitrogens with one attached hydrogen (secondary N) is 2. The lowest BCUT2D eigenvalue weighted by atomic mass is 10.0. The van der Waals surface area contributed by atoms with Crippen LogP contribution in [0.1, 0.15) is 51.4 Å². The third-order valence-electron chi connectivity index (χ3n) is 4.66. The highest BCUT2D eigenvalue weighted by Gasteiger charge is 2.07. The highest BCUT2D eigenvalue weighted by molar-refractivity contribution is 14.0. The van der Waals surface area contributed by atoms with Gasteiger partial charge in [0.05, 0.1) is 0 Å². The van der Waals surface area contributed by atoms with Crippen LogP contribution >= 0.6 is 24.0 Å². The molecule has 0 bridgehead atoms. The molecule has 1 atom stereocenters. The molecule has 0 aliphatic carbocycles. The van der Waals surface area contributed by atoms with Crippen molar-refractivity contribution in [1.82, 2.24) is 20.2 Å². The molecule has 1 heterocycles. The van der Waals surface area contributed by atoms with Gasteiger partial charge in [0.25, 0.3) is 0 Å². The normalized spacial score (nSPS) is 12.5. The van der Waals surface area contributed by atoms with Gasteiger partial charge in [0.2, 0.25) is 0 Å². The number of aromatic nitrogens is 2. The molecule has 1 aromatic carbocycles. The van der Waals surface area contributed by atoms with Crippen LogP contribution in [-0.2, 0) is 13.0 Å². The van der Waals surface area contributed by atoms with Gasteiger partial charge in [-0.2, -0.15) is 0 Å². The summed E-state index contributed by atoms with van der Waals surface area (Å²) < 4.78 is 2.21. The Kier molecular flexibility index (Phi) is 11.9. The van der Waals surface area contributed by atoms with Crippen molar-refractivity contribution in [2.45, 2.75) is 59.0 Å². The van der Waals surface area contributed by atoms with Crippen LogP contribution in [0.15, 0.2) is 47.7 Å². The second kappa shape index (κ2) is 13.6. The molecule has 1 aromatic heterocycles.